The molecular weight excluding hydrogens is 180 g/mol. The van der Waals surface area contributed by atoms with E-state index in [1.165, 1.54) is 0 Å². The maximum Gasteiger partial charge on any atom is 0.0645 e. The van der Waals surface area contributed by atoms with Crippen molar-refractivity contribution >= 4 is 0 Å². The minimum absolute atomic E-state index is 0.431. The van der Waals surface area contributed by atoms with Gasteiger partial charge in [-0.1, -0.05) is 0 Å². The minimum Gasteiger partial charge on any atom is -0.393 e. The number of nitrogens with zero attached hydrogens (tertiary/aromatic N) is 2. The van der Waals surface area contributed by atoms with E-state index < -0.39 is 12.2 Å². The van der Waals surface area contributed by atoms with Crippen LogP contribution >= 0.6 is 0 Å². The molecule has 1 rings (SSSR count). The van der Waals surface area contributed by atoms with Crippen LogP contribution in [0.15, 0.2) is 12.4 Å². The van der Waals surface area contributed by atoms with Crippen molar-refractivity contribution in [1.29, 1.82) is 0 Å². The van der Waals surface area contributed by atoms with Crippen molar-refractivity contribution in [2.24, 2.45) is 0 Å². The number of hydrogen-bond donors (Lipinski definition) is 2. The second-order valence-corrected chi connectivity index (χ2v) is 3.56. The van der Waals surface area contributed by atoms with E-state index in [9.17, 15) is 10.2 Å². The highest BCUT2D eigenvalue weighted by molar-refractivity contribution is 5.12. The zero-order valence-corrected chi connectivity index (χ0v) is 8.51. The standard InChI is InChI=1S/C10H16N2O2/c1-7(13)5-9-10(6-8(2)14)12-4-3-11-9/h3-4,7-8,13-14H,5-6H2,1-2H3. The molecule has 2 N–H and O–H groups in total. The van der Waals surface area contributed by atoms with Gasteiger partial charge in [0.1, 0.15) is 0 Å². The van der Waals surface area contributed by atoms with Gasteiger partial charge in [-0.05, 0) is 13.8 Å². The molecule has 0 saturated carbocycles. The number of aliphatic hydroxyl groups is 2. The molecule has 2 atom stereocenters. The first-order chi connectivity index (χ1) is 6.59. The molecule has 0 aliphatic carbocycles. The Bertz CT molecular complexity index is 258. The van der Waals surface area contributed by atoms with E-state index in [0.29, 0.717) is 12.8 Å². The second-order valence-electron chi connectivity index (χ2n) is 3.56. The van der Waals surface area contributed by atoms with Crippen LogP contribution in [0.4, 0.5) is 0 Å². The molecule has 1 heterocycles. The lowest BCUT2D eigenvalue weighted by Gasteiger charge is -2.09. The molecule has 4 heteroatoms. The van der Waals surface area contributed by atoms with E-state index in [1.54, 1.807) is 26.2 Å². The summed E-state index contributed by atoms with van der Waals surface area (Å²) in [6, 6.07) is 0. The fourth-order valence-electron chi connectivity index (χ4n) is 1.30. The van der Waals surface area contributed by atoms with Gasteiger partial charge in [-0.3, -0.25) is 9.97 Å². The number of hydrogen-bond acceptors (Lipinski definition) is 4. The van der Waals surface area contributed by atoms with Gasteiger partial charge in [-0.2, -0.15) is 0 Å². The topological polar surface area (TPSA) is 66.2 Å². The third-order valence-corrected chi connectivity index (χ3v) is 1.84. The maximum absolute atomic E-state index is 9.23. The van der Waals surface area contributed by atoms with Crippen molar-refractivity contribution in [1.82, 2.24) is 9.97 Å². The molecule has 0 fully saturated rings. The number of aromatic nitrogens is 2. The maximum atomic E-state index is 9.23. The molecule has 0 bridgehead atoms. The second kappa shape index (κ2) is 5.02. The molecule has 0 radical (unpaired) electrons. The van der Waals surface area contributed by atoms with Crippen LogP contribution in [0, 0.1) is 0 Å². The lowest BCUT2D eigenvalue weighted by Crippen LogP contribution is -2.14. The van der Waals surface area contributed by atoms with Gasteiger partial charge in [-0.25, -0.2) is 0 Å². The third kappa shape index (κ3) is 3.40. The first kappa shape index (κ1) is 11.1. The highest BCUT2D eigenvalue weighted by Gasteiger charge is 2.09. The van der Waals surface area contributed by atoms with Gasteiger partial charge in [0.2, 0.25) is 0 Å². The summed E-state index contributed by atoms with van der Waals surface area (Å²) in [6.45, 7) is 3.42. The number of rotatable bonds is 4. The van der Waals surface area contributed by atoms with Gasteiger partial charge in [0, 0.05) is 25.2 Å². The molecule has 0 amide bonds. The summed E-state index contributed by atoms with van der Waals surface area (Å²) >= 11 is 0. The van der Waals surface area contributed by atoms with Gasteiger partial charge in [0.15, 0.2) is 0 Å². The highest BCUT2D eigenvalue weighted by Crippen LogP contribution is 2.07. The summed E-state index contributed by atoms with van der Waals surface area (Å²) in [5.41, 5.74) is 1.53. The average Bonchev–Trinajstić information content (AvgIpc) is 2.06. The SMILES string of the molecule is CC(O)Cc1nccnc1CC(C)O. The number of aliphatic hydroxyl groups excluding tert-OH is 2. The lowest BCUT2D eigenvalue weighted by atomic mass is 10.1. The Hall–Kier alpha value is -1.00. The Morgan fingerprint density at radius 1 is 1.00 bits per heavy atom. The van der Waals surface area contributed by atoms with Gasteiger partial charge in [-0.15, -0.1) is 0 Å². The van der Waals surface area contributed by atoms with Crippen molar-refractivity contribution in [2.75, 3.05) is 0 Å². The Morgan fingerprint density at radius 3 is 1.64 bits per heavy atom. The average molecular weight is 196 g/mol. The van der Waals surface area contributed by atoms with E-state index in [1.807, 2.05) is 0 Å². The normalized spacial score (nSPS) is 15.1. The molecule has 14 heavy (non-hydrogen) atoms. The Labute approximate surface area is 83.6 Å². The van der Waals surface area contributed by atoms with Crippen LogP contribution in [0.5, 0.6) is 0 Å². The Kier molecular flexibility index (Phi) is 3.98. The largest absolute Gasteiger partial charge is 0.393 e. The molecule has 1 aromatic heterocycles. The lowest BCUT2D eigenvalue weighted by molar-refractivity contribution is 0.186. The molecular formula is C10H16N2O2. The van der Waals surface area contributed by atoms with E-state index in [4.69, 9.17) is 0 Å². The van der Waals surface area contributed by atoms with Crippen LogP contribution < -0.4 is 0 Å². The summed E-state index contributed by atoms with van der Waals surface area (Å²) in [6.07, 6.45) is 3.30. The van der Waals surface area contributed by atoms with Crippen molar-refractivity contribution in [3.63, 3.8) is 0 Å². The van der Waals surface area contributed by atoms with Gasteiger partial charge >= 0.3 is 0 Å². The smallest absolute Gasteiger partial charge is 0.0645 e. The van der Waals surface area contributed by atoms with E-state index in [0.717, 1.165) is 11.4 Å². The quantitative estimate of drug-likeness (QED) is 0.728. The first-order valence-electron chi connectivity index (χ1n) is 4.74. The summed E-state index contributed by atoms with van der Waals surface area (Å²) in [4.78, 5) is 8.28. The molecule has 4 nitrogen and oxygen atoms in total. The predicted molar refractivity (Wildman–Crippen MR) is 52.8 cm³/mol. The molecule has 2 unspecified atom stereocenters. The zero-order valence-electron chi connectivity index (χ0n) is 8.51. The summed E-state index contributed by atoms with van der Waals surface area (Å²) in [7, 11) is 0. The van der Waals surface area contributed by atoms with Crippen LogP contribution in [-0.2, 0) is 12.8 Å². The van der Waals surface area contributed by atoms with E-state index >= 15 is 0 Å². The van der Waals surface area contributed by atoms with E-state index in [2.05, 4.69) is 9.97 Å². The summed E-state index contributed by atoms with van der Waals surface area (Å²) in [5.74, 6) is 0. The van der Waals surface area contributed by atoms with Crippen molar-refractivity contribution in [2.45, 2.75) is 38.9 Å². The fourth-order valence-corrected chi connectivity index (χ4v) is 1.30. The van der Waals surface area contributed by atoms with Gasteiger partial charge < -0.3 is 10.2 Å². The monoisotopic (exact) mass is 196 g/mol. The predicted octanol–water partition coefficient (Wildman–Crippen LogP) is 0.323. The first-order valence-corrected chi connectivity index (χ1v) is 4.74. The van der Waals surface area contributed by atoms with Crippen LogP contribution in [0.1, 0.15) is 25.2 Å². The molecule has 0 spiro atoms. The van der Waals surface area contributed by atoms with Crippen LogP contribution in [0.25, 0.3) is 0 Å². The molecule has 0 saturated heterocycles. The minimum atomic E-state index is -0.431. The summed E-state index contributed by atoms with van der Waals surface area (Å²) < 4.78 is 0. The molecule has 0 aliphatic heterocycles. The molecule has 78 valence electrons. The highest BCUT2D eigenvalue weighted by atomic mass is 16.3. The van der Waals surface area contributed by atoms with Crippen molar-refractivity contribution < 1.29 is 10.2 Å². The van der Waals surface area contributed by atoms with Crippen LogP contribution in [-0.4, -0.2) is 32.4 Å². The van der Waals surface area contributed by atoms with Gasteiger partial charge in [0.25, 0.3) is 0 Å². The zero-order chi connectivity index (χ0) is 10.6. The molecule has 1 aromatic rings. The third-order valence-electron chi connectivity index (χ3n) is 1.84. The molecule has 0 aliphatic rings. The fraction of sp³-hybridized carbons (Fsp3) is 0.600. The van der Waals surface area contributed by atoms with Crippen LogP contribution in [0.3, 0.4) is 0 Å². The van der Waals surface area contributed by atoms with Gasteiger partial charge in [0.05, 0.1) is 23.6 Å². The van der Waals surface area contributed by atoms with Crippen LogP contribution in [0.2, 0.25) is 0 Å². The Balaban J connectivity index is 2.80. The van der Waals surface area contributed by atoms with Crippen molar-refractivity contribution in [3.8, 4) is 0 Å². The summed E-state index contributed by atoms with van der Waals surface area (Å²) in [5, 5.41) is 18.5. The molecule has 0 aromatic carbocycles. The Morgan fingerprint density at radius 2 is 1.36 bits per heavy atom. The van der Waals surface area contributed by atoms with Crippen molar-refractivity contribution in [3.05, 3.63) is 23.8 Å². The van der Waals surface area contributed by atoms with E-state index in [-0.39, 0.29) is 0 Å².